The van der Waals surface area contributed by atoms with Gasteiger partial charge in [-0.1, -0.05) is 0 Å². The van der Waals surface area contributed by atoms with E-state index in [1.165, 1.54) is 24.2 Å². The summed E-state index contributed by atoms with van der Waals surface area (Å²) in [6, 6.07) is 2.14. The van der Waals surface area contributed by atoms with Crippen molar-refractivity contribution in [2.45, 2.75) is 49.5 Å². The lowest BCUT2D eigenvalue weighted by molar-refractivity contribution is 0.133. The summed E-state index contributed by atoms with van der Waals surface area (Å²) < 4.78 is 32.6. The topological polar surface area (TPSA) is 67.4 Å². The fourth-order valence-electron chi connectivity index (χ4n) is 1.79. The number of ether oxygens (including phenoxy) is 1. The molecule has 0 amide bonds. The molecule has 1 aliphatic rings. The van der Waals surface area contributed by atoms with Crippen LogP contribution in [0.3, 0.4) is 0 Å². The highest BCUT2D eigenvalue weighted by Gasteiger charge is 2.22. The second-order valence-electron chi connectivity index (χ2n) is 5.11. The third-order valence-electron chi connectivity index (χ3n) is 3.00. The van der Waals surface area contributed by atoms with Crippen LogP contribution in [0.25, 0.3) is 0 Å². The summed E-state index contributed by atoms with van der Waals surface area (Å²) in [5, 5.41) is 5.28. The SMILES string of the molecule is CCOCC(C)NS(=O)(=O)c1cc(CNC2CC2)cs1. The zero-order valence-electron chi connectivity index (χ0n) is 11.9. The molecule has 1 unspecified atom stereocenters. The highest BCUT2D eigenvalue weighted by Crippen LogP contribution is 2.23. The maximum atomic E-state index is 12.2. The maximum absolute atomic E-state index is 12.2. The van der Waals surface area contributed by atoms with Crippen molar-refractivity contribution >= 4 is 21.4 Å². The lowest BCUT2D eigenvalue weighted by atomic mass is 10.3. The first-order valence-corrected chi connectivity index (χ1v) is 9.28. The molecule has 2 rings (SSSR count). The molecule has 114 valence electrons. The van der Waals surface area contributed by atoms with Crippen molar-refractivity contribution in [2.75, 3.05) is 13.2 Å². The standard InChI is InChI=1S/C13H22N2O3S2/c1-3-18-8-10(2)15-20(16,17)13-6-11(9-19-13)7-14-12-4-5-12/h6,9-10,12,14-15H,3-5,7-8H2,1-2H3. The molecule has 20 heavy (non-hydrogen) atoms. The highest BCUT2D eigenvalue weighted by atomic mass is 32.2. The van der Waals surface area contributed by atoms with Crippen LogP contribution in [0.5, 0.6) is 0 Å². The minimum Gasteiger partial charge on any atom is -0.380 e. The van der Waals surface area contributed by atoms with Gasteiger partial charge in [0.25, 0.3) is 0 Å². The molecular weight excluding hydrogens is 296 g/mol. The number of rotatable bonds is 9. The first-order chi connectivity index (χ1) is 9.51. The Hall–Kier alpha value is -0.470. The van der Waals surface area contributed by atoms with Gasteiger partial charge in [0.15, 0.2) is 0 Å². The lowest BCUT2D eigenvalue weighted by Gasteiger charge is -2.12. The summed E-state index contributed by atoms with van der Waals surface area (Å²) in [6.07, 6.45) is 2.46. The van der Waals surface area contributed by atoms with E-state index in [1.807, 2.05) is 12.3 Å². The Morgan fingerprint density at radius 2 is 2.25 bits per heavy atom. The number of sulfonamides is 1. The van der Waals surface area contributed by atoms with E-state index in [0.717, 1.165) is 12.1 Å². The van der Waals surface area contributed by atoms with Gasteiger partial charge in [0.05, 0.1) is 6.61 Å². The molecule has 0 radical (unpaired) electrons. The van der Waals surface area contributed by atoms with E-state index in [1.54, 1.807) is 13.0 Å². The molecule has 5 nitrogen and oxygen atoms in total. The molecule has 0 aromatic carbocycles. The Balaban J connectivity index is 1.90. The molecule has 1 aliphatic carbocycles. The molecule has 0 aliphatic heterocycles. The van der Waals surface area contributed by atoms with Crippen LogP contribution in [0.4, 0.5) is 0 Å². The zero-order valence-corrected chi connectivity index (χ0v) is 13.5. The van der Waals surface area contributed by atoms with E-state index in [-0.39, 0.29) is 6.04 Å². The monoisotopic (exact) mass is 318 g/mol. The quantitative estimate of drug-likeness (QED) is 0.727. The van der Waals surface area contributed by atoms with Gasteiger partial charge >= 0.3 is 0 Å². The van der Waals surface area contributed by atoms with Crippen molar-refractivity contribution in [1.29, 1.82) is 0 Å². The van der Waals surface area contributed by atoms with Crippen molar-refractivity contribution in [1.82, 2.24) is 10.0 Å². The molecule has 1 aromatic heterocycles. The van der Waals surface area contributed by atoms with Gasteiger partial charge in [0.1, 0.15) is 4.21 Å². The largest absolute Gasteiger partial charge is 0.380 e. The van der Waals surface area contributed by atoms with Crippen LogP contribution in [0.1, 0.15) is 32.3 Å². The van der Waals surface area contributed by atoms with Gasteiger partial charge in [0, 0.05) is 25.2 Å². The molecule has 1 atom stereocenters. The minimum absolute atomic E-state index is 0.227. The van der Waals surface area contributed by atoms with E-state index in [9.17, 15) is 8.42 Å². The summed E-state index contributed by atoms with van der Waals surface area (Å²) in [4.78, 5) is 0. The zero-order chi connectivity index (χ0) is 14.6. The fourth-order valence-corrected chi connectivity index (χ4v) is 4.24. The summed E-state index contributed by atoms with van der Waals surface area (Å²) in [5.41, 5.74) is 1.03. The predicted molar refractivity (Wildman–Crippen MR) is 80.5 cm³/mol. The first-order valence-electron chi connectivity index (χ1n) is 6.92. The Morgan fingerprint density at radius 3 is 2.90 bits per heavy atom. The Kier molecular flexibility index (Phi) is 5.57. The van der Waals surface area contributed by atoms with Crippen LogP contribution in [-0.4, -0.2) is 33.7 Å². The van der Waals surface area contributed by atoms with Gasteiger partial charge < -0.3 is 10.1 Å². The van der Waals surface area contributed by atoms with Crippen molar-refractivity contribution < 1.29 is 13.2 Å². The van der Waals surface area contributed by atoms with Gasteiger partial charge in [-0.05, 0) is 43.7 Å². The molecule has 1 heterocycles. The Morgan fingerprint density at radius 1 is 1.50 bits per heavy atom. The van der Waals surface area contributed by atoms with Gasteiger partial charge in [-0.3, -0.25) is 0 Å². The van der Waals surface area contributed by atoms with Gasteiger partial charge in [-0.15, -0.1) is 11.3 Å². The van der Waals surface area contributed by atoms with E-state index in [4.69, 9.17) is 4.74 Å². The molecule has 1 saturated carbocycles. The average Bonchev–Trinajstić information content (AvgIpc) is 3.09. The number of hydrogen-bond acceptors (Lipinski definition) is 5. The van der Waals surface area contributed by atoms with Crippen LogP contribution in [0.2, 0.25) is 0 Å². The second kappa shape index (κ2) is 7.00. The van der Waals surface area contributed by atoms with E-state index in [2.05, 4.69) is 10.0 Å². The molecule has 7 heteroatoms. The number of thiophene rings is 1. The van der Waals surface area contributed by atoms with Crippen molar-refractivity contribution in [3.05, 3.63) is 17.0 Å². The molecular formula is C13H22N2O3S2. The number of nitrogens with one attached hydrogen (secondary N) is 2. The van der Waals surface area contributed by atoms with E-state index < -0.39 is 10.0 Å². The molecule has 0 saturated heterocycles. The van der Waals surface area contributed by atoms with Gasteiger partial charge in [0.2, 0.25) is 10.0 Å². The maximum Gasteiger partial charge on any atom is 0.250 e. The van der Waals surface area contributed by atoms with Crippen LogP contribution >= 0.6 is 11.3 Å². The third kappa shape index (κ3) is 4.82. The summed E-state index contributed by atoms with van der Waals surface area (Å²) in [6.45, 7) is 5.40. The lowest BCUT2D eigenvalue weighted by Crippen LogP contribution is -2.35. The molecule has 0 bridgehead atoms. The minimum atomic E-state index is -3.43. The third-order valence-corrected chi connectivity index (χ3v) is 6.07. The summed E-state index contributed by atoms with van der Waals surface area (Å²) in [7, 11) is -3.43. The molecule has 1 aromatic rings. The average molecular weight is 318 g/mol. The van der Waals surface area contributed by atoms with Gasteiger partial charge in [-0.25, -0.2) is 13.1 Å². The van der Waals surface area contributed by atoms with Crippen molar-refractivity contribution in [2.24, 2.45) is 0 Å². The van der Waals surface area contributed by atoms with Crippen LogP contribution in [0, 0.1) is 0 Å². The first kappa shape index (κ1) is 15.9. The van der Waals surface area contributed by atoms with Crippen molar-refractivity contribution in [3.8, 4) is 0 Å². The van der Waals surface area contributed by atoms with E-state index in [0.29, 0.717) is 23.5 Å². The highest BCUT2D eigenvalue weighted by molar-refractivity contribution is 7.91. The fraction of sp³-hybridized carbons (Fsp3) is 0.692. The van der Waals surface area contributed by atoms with Crippen LogP contribution < -0.4 is 10.0 Å². The van der Waals surface area contributed by atoms with Crippen molar-refractivity contribution in [3.63, 3.8) is 0 Å². The van der Waals surface area contributed by atoms with Crippen LogP contribution in [0.15, 0.2) is 15.7 Å². The number of hydrogen-bond donors (Lipinski definition) is 2. The summed E-state index contributed by atoms with van der Waals surface area (Å²) >= 11 is 1.26. The van der Waals surface area contributed by atoms with E-state index >= 15 is 0 Å². The molecule has 1 fully saturated rings. The Labute approximate surface area is 124 Å². The smallest absolute Gasteiger partial charge is 0.250 e. The predicted octanol–water partition coefficient (Wildman–Crippen LogP) is 1.70. The molecule has 2 N–H and O–H groups in total. The van der Waals surface area contributed by atoms with Crippen LogP contribution in [-0.2, 0) is 21.3 Å². The normalized spacial score (nSPS) is 17.3. The van der Waals surface area contributed by atoms with Gasteiger partial charge in [-0.2, -0.15) is 0 Å². The Bertz CT molecular complexity index is 523. The second-order valence-corrected chi connectivity index (χ2v) is 7.96. The molecule has 0 spiro atoms. The summed E-state index contributed by atoms with van der Waals surface area (Å²) in [5.74, 6) is 0.